The Bertz CT molecular complexity index is 3040. The molecule has 0 spiro atoms. The first-order valence-electron chi connectivity index (χ1n) is 32.0. The van der Waals surface area contributed by atoms with E-state index in [-0.39, 0.29) is 20.8 Å². The van der Waals surface area contributed by atoms with E-state index in [0.717, 1.165) is 13.8 Å². The highest BCUT2D eigenvalue weighted by Crippen LogP contribution is 2.71. The largest absolute Gasteiger partial charge is 0.468 e. The molecule has 0 aliphatic heterocycles. The zero-order valence-electron chi connectivity index (χ0n) is 56.3. The number of aliphatic hydroxyl groups is 1. The monoisotopic (exact) mass is 1670 g/mol. The molecule has 0 aromatic heterocycles. The van der Waals surface area contributed by atoms with Gasteiger partial charge in [0.05, 0.1) is 7.11 Å². The predicted octanol–water partition coefficient (Wildman–Crippen LogP) is 21.1. The Morgan fingerprint density at radius 1 is 0.389 bits per heavy atom. The quantitative estimate of drug-likeness (QED) is 0.0619. The van der Waals surface area contributed by atoms with Crippen LogP contribution in [0.3, 0.4) is 0 Å². The number of carbonyl (C=O) groups excluding carboxylic acids is 3. The summed E-state index contributed by atoms with van der Waals surface area (Å²) in [5.41, 5.74) is -39.4. The minimum Gasteiger partial charge on any atom is -0.468 e. The second-order valence-electron chi connectivity index (χ2n) is 29.4. The van der Waals surface area contributed by atoms with Crippen molar-refractivity contribution in [3.63, 3.8) is 0 Å². The fourth-order valence-electron chi connectivity index (χ4n) is 17.7. The van der Waals surface area contributed by atoms with Gasteiger partial charge >= 0.3 is 109 Å². The highest BCUT2D eigenvalue weighted by atomic mass is 19.5. The molecular formula is C60H67F39O9. The van der Waals surface area contributed by atoms with Crippen LogP contribution in [0.2, 0.25) is 0 Å². The lowest BCUT2D eigenvalue weighted by Gasteiger charge is -2.49. The number of methoxy groups -OCH3 is 2. The molecule has 1 N–H and O–H groups in total. The van der Waals surface area contributed by atoms with Crippen molar-refractivity contribution < 1.29 is 214 Å². The number of hydrogen-bond acceptors (Lipinski definition) is 9. The van der Waals surface area contributed by atoms with E-state index in [0.29, 0.717) is 14.2 Å². The molecule has 0 radical (unpaired) electrons. The van der Waals surface area contributed by atoms with Crippen molar-refractivity contribution in [2.24, 2.45) is 98.6 Å². The van der Waals surface area contributed by atoms with Crippen LogP contribution in [0.4, 0.5) is 171 Å². The van der Waals surface area contributed by atoms with E-state index in [4.69, 9.17) is 0 Å². The molecule has 108 heavy (non-hydrogen) atoms. The summed E-state index contributed by atoms with van der Waals surface area (Å²) >= 11 is 0. The molecule has 6 aliphatic carbocycles. The van der Waals surface area contributed by atoms with Crippen molar-refractivity contribution in [3.05, 3.63) is 0 Å². The van der Waals surface area contributed by atoms with Gasteiger partial charge in [-0.25, -0.2) is 0 Å². The number of esters is 3. The SMILES string of the molecule is CC1C2CC(CC(O)(C(F)(F)F)C(F)(F)F)C(C2)C1CC(C)(C(=O)OC(C1CCC(C(C)(C(F)(F)F)C(F)(F)F)CC1)(C(F)(F)F)C(F)(F)F)C(F)(F)F.COCOC(C1CCC(C(OC(=O)C(C)(CC2C(C)C3CC2C(C(=O)OC)(C(F)(F)F)C3)C(F)(F)F)(C(F)(F)F)C(F)(F)F)CC1)(C(F)(F)F)C(F)(F)F. The zero-order valence-corrected chi connectivity index (χ0v) is 56.3. The summed E-state index contributed by atoms with van der Waals surface area (Å²) in [6, 6.07) is 0. The number of carbonyl (C=O) groups is 3. The minimum absolute atomic E-state index is 0.211. The molecule has 634 valence electrons. The lowest BCUT2D eigenvalue weighted by molar-refractivity contribution is -0.415. The zero-order chi connectivity index (χ0) is 84.6. The maximum absolute atomic E-state index is 14.7. The fourth-order valence-corrected chi connectivity index (χ4v) is 17.7. The first-order chi connectivity index (χ1) is 47.7. The summed E-state index contributed by atoms with van der Waals surface area (Å²) in [5.74, 6) is -34.5. The van der Waals surface area contributed by atoms with E-state index in [9.17, 15) is 191 Å². The van der Waals surface area contributed by atoms with Gasteiger partial charge < -0.3 is 28.8 Å². The second kappa shape index (κ2) is 29.1. The Kier molecular flexibility index (Phi) is 25.4. The summed E-state index contributed by atoms with van der Waals surface area (Å²) in [7, 11) is 1.14. The maximum Gasteiger partial charge on any atom is 0.437 e. The molecule has 12 unspecified atom stereocenters. The van der Waals surface area contributed by atoms with Gasteiger partial charge in [0.2, 0.25) is 0 Å². The number of halogens is 39. The van der Waals surface area contributed by atoms with Gasteiger partial charge in [-0.2, -0.15) is 171 Å². The van der Waals surface area contributed by atoms with Crippen LogP contribution in [0.15, 0.2) is 0 Å². The Labute approximate surface area is 585 Å². The Balaban J connectivity index is 0.000000387. The molecule has 0 aromatic rings. The second-order valence-corrected chi connectivity index (χ2v) is 29.4. The number of fused-ring (bicyclic) bond motifs is 4. The number of rotatable bonds is 18. The number of alkyl halides is 39. The van der Waals surface area contributed by atoms with Gasteiger partial charge in [0.25, 0.3) is 11.2 Å². The smallest absolute Gasteiger partial charge is 0.437 e. The van der Waals surface area contributed by atoms with Crippen molar-refractivity contribution in [1.29, 1.82) is 0 Å². The van der Waals surface area contributed by atoms with Crippen LogP contribution in [0.5, 0.6) is 0 Å². The van der Waals surface area contributed by atoms with Gasteiger partial charge in [-0.05, 0) is 176 Å². The van der Waals surface area contributed by atoms with E-state index in [1.807, 2.05) is 0 Å². The fraction of sp³-hybridized carbons (Fsp3) is 0.950. The van der Waals surface area contributed by atoms with Crippen molar-refractivity contribution >= 4 is 17.9 Å². The lowest BCUT2D eigenvalue weighted by atomic mass is 9.60. The highest BCUT2D eigenvalue weighted by molar-refractivity contribution is 5.80. The summed E-state index contributed by atoms with van der Waals surface area (Å²) in [6.07, 6.45) is -106. The third-order valence-corrected chi connectivity index (χ3v) is 24.1. The molecule has 0 saturated heterocycles. The topological polar surface area (TPSA) is 118 Å². The standard InChI is InChI=1S/C30H33F21O3.C30H34F18O6/c1-12-13-8-14(10-22(53,27(40,41)42)28(43,44)45)17(9-13)18(12)11-20(2,24(31,32)33)19(52)54-23(29(46,47)48,30(49,50)51)16-6-4-15(5-7-16)21(3,25(34,35)36)26(37,38)39;1-13-14-9-18(22(10-14,20(50)52-4)26(34,35)36)17(13)11-21(2,25(31,32)33)19(49)54-24(29(43,44)45,30(46,47)48)16-7-5-15(6-8-16)23(27(37,38)39,28(40,41)42)53-12-51-3/h12-18,53H,4-11H2,1-3H3;13-18H,5-12H2,1-4H3. The van der Waals surface area contributed by atoms with Gasteiger partial charge in [0, 0.05) is 24.9 Å². The van der Waals surface area contributed by atoms with Gasteiger partial charge in [0.1, 0.15) is 6.79 Å². The van der Waals surface area contributed by atoms with Crippen LogP contribution in [-0.4, -0.2) is 147 Å². The van der Waals surface area contributed by atoms with E-state index in [2.05, 4.69) is 23.7 Å². The summed E-state index contributed by atoms with van der Waals surface area (Å²) in [4.78, 5) is 39.1. The van der Waals surface area contributed by atoms with E-state index >= 15 is 0 Å². The van der Waals surface area contributed by atoms with Gasteiger partial charge in [-0.3, -0.25) is 14.4 Å². The average Bonchev–Trinajstić information content (AvgIpc) is 1.54. The Morgan fingerprint density at radius 2 is 0.713 bits per heavy atom. The van der Waals surface area contributed by atoms with Crippen LogP contribution < -0.4 is 0 Å². The van der Waals surface area contributed by atoms with E-state index < -0.39 is 322 Å². The molecule has 12 atom stereocenters. The van der Waals surface area contributed by atoms with Crippen LogP contribution >= 0.6 is 0 Å². The van der Waals surface area contributed by atoms with E-state index in [1.165, 1.54) is 0 Å². The first-order valence-corrected chi connectivity index (χ1v) is 32.0. The summed E-state index contributed by atoms with van der Waals surface area (Å²) < 4.78 is 573. The lowest BCUT2D eigenvalue weighted by Crippen LogP contribution is -2.68. The van der Waals surface area contributed by atoms with Crippen LogP contribution in [0.25, 0.3) is 0 Å². The maximum atomic E-state index is 14.7. The molecule has 0 aromatic carbocycles. The summed E-state index contributed by atoms with van der Waals surface area (Å²) in [5, 5.41) is 9.69. The minimum atomic E-state index is -6.92. The molecule has 0 amide bonds. The van der Waals surface area contributed by atoms with Gasteiger partial charge in [0.15, 0.2) is 21.7 Å². The van der Waals surface area contributed by atoms with Crippen LogP contribution in [0.1, 0.15) is 131 Å². The first kappa shape index (κ1) is 94.2. The van der Waals surface area contributed by atoms with Crippen molar-refractivity contribution in [1.82, 2.24) is 0 Å². The highest BCUT2D eigenvalue weighted by Gasteiger charge is 2.84. The van der Waals surface area contributed by atoms with Gasteiger partial charge in [-0.15, -0.1) is 0 Å². The van der Waals surface area contributed by atoms with Crippen molar-refractivity contribution in [2.75, 3.05) is 21.0 Å². The molecular weight excluding hydrogens is 1610 g/mol. The molecule has 48 heteroatoms. The van der Waals surface area contributed by atoms with E-state index in [1.54, 1.807) is 0 Å². The summed E-state index contributed by atoms with van der Waals surface area (Å²) in [6.45, 7) is -0.256. The third-order valence-electron chi connectivity index (χ3n) is 24.1. The third kappa shape index (κ3) is 15.5. The molecule has 6 aliphatic rings. The molecule has 6 fully saturated rings. The molecule has 0 heterocycles. The molecule has 4 bridgehead atoms. The predicted molar refractivity (Wildman–Crippen MR) is 282 cm³/mol. The molecule has 9 nitrogen and oxygen atoms in total. The van der Waals surface area contributed by atoms with Crippen molar-refractivity contribution in [3.8, 4) is 0 Å². The van der Waals surface area contributed by atoms with Crippen LogP contribution in [-0.2, 0) is 38.1 Å². The Morgan fingerprint density at radius 3 is 0.991 bits per heavy atom. The number of ether oxygens (including phenoxy) is 5. The van der Waals surface area contributed by atoms with Gasteiger partial charge in [-0.1, -0.05) is 13.8 Å². The average molecular weight is 1670 g/mol. The Hall–Kier alpha value is -4.44. The normalized spacial score (nSPS) is 30.0. The van der Waals surface area contributed by atoms with Crippen LogP contribution in [0, 0.1) is 98.6 Å². The number of hydrogen-bond donors (Lipinski definition) is 1. The molecule has 6 saturated carbocycles. The van der Waals surface area contributed by atoms with Crippen molar-refractivity contribution in [2.45, 2.75) is 234 Å². The molecule has 6 rings (SSSR count).